The van der Waals surface area contributed by atoms with Crippen molar-refractivity contribution in [2.24, 2.45) is 17.3 Å². The van der Waals surface area contributed by atoms with E-state index < -0.39 is 0 Å². The van der Waals surface area contributed by atoms with Crippen molar-refractivity contribution in [3.63, 3.8) is 0 Å². The molecule has 2 nitrogen and oxygen atoms in total. The van der Waals surface area contributed by atoms with Crippen LogP contribution in [0.5, 0.6) is 0 Å². The van der Waals surface area contributed by atoms with E-state index in [2.05, 4.69) is 53.3 Å². The molecular formula is C28H44O2. The Kier molecular flexibility index (Phi) is 11.3. The van der Waals surface area contributed by atoms with Crippen LogP contribution in [0, 0.1) is 17.3 Å². The number of hydrogen-bond donors (Lipinski definition) is 0. The van der Waals surface area contributed by atoms with Gasteiger partial charge in [0.05, 0.1) is 0 Å². The maximum atomic E-state index is 12.7. The number of benzene rings is 1. The second kappa shape index (κ2) is 12.9. The van der Waals surface area contributed by atoms with Gasteiger partial charge < -0.3 is 0 Å². The number of carbonyl (C=O) groups excluding carboxylic acids is 2. The third kappa shape index (κ3) is 8.20. The van der Waals surface area contributed by atoms with E-state index in [0.717, 1.165) is 37.7 Å². The Labute approximate surface area is 185 Å². The molecule has 0 heterocycles. The van der Waals surface area contributed by atoms with Crippen molar-refractivity contribution in [2.45, 2.75) is 98.8 Å². The highest BCUT2D eigenvalue weighted by Gasteiger charge is 2.34. The summed E-state index contributed by atoms with van der Waals surface area (Å²) in [5.74, 6) is 1.49. The summed E-state index contributed by atoms with van der Waals surface area (Å²) in [5, 5.41) is 0. The van der Waals surface area contributed by atoms with E-state index in [4.69, 9.17) is 0 Å². The lowest BCUT2D eigenvalue weighted by Crippen LogP contribution is -2.30. The average molecular weight is 413 g/mol. The van der Waals surface area contributed by atoms with Crippen LogP contribution in [0.3, 0.4) is 0 Å². The van der Waals surface area contributed by atoms with Gasteiger partial charge in [-0.1, -0.05) is 83.4 Å². The predicted molar refractivity (Wildman–Crippen MR) is 129 cm³/mol. The average Bonchev–Trinajstić information content (AvgIpc) is 2.72. The number of carbonyl (C=O) groups is 2. The van der Waals surface area contributed by atoms with Crippen LogP contribution in [0.2, 0.25) is 0 Å². The molecule has 168 valence electrons. The summed E-state index contributed by atoms with van der Waals surface area (Å²) < 4.78 is 0. The summed E-state index contributed by atoms with van der Waals surface area (Å²) in [6.45, 7) is 16.8. The molecule has 1 aromatic carbocycles. The van der Waals surface area contributed by atoms with Gasteiger partial charge in [0.15, 0.2) is 0 Å². The summed E-state index contributed by atoms with van der Waals surface area (Å²) >= 11 is 0. The third-order valence-electron chi connectivity index (χ3n) is 6.99. The summed E-state index contributed by atoms with van der Waals surface area (Å²) in [5.41, 5.74) is 2.37. The van der Waals surface area contributed by atoms with E-state index in [1.807, 2.05) is 25.1 Å². The van der Waals surface area contributed by atoms with Crippen LogP contribution in [0.15, 0.2) is 42.5 Å². The van der Waals surface area contributed by atoms with E-state index in [1.165, 1.54) is 5.56 Å². The van der Waals surface area contributed by atoms with Crippen molar-refractivity contribution in [3.8, 4) is 0 Å². The van der Waals surface area contributed by atoms with Gasteiger partial charge in [0.1, 0.15) is 11.6 Å². The van der Waals surface area contributed by atoms with Crippen LogP contribution < -0.4 is 0 Å². The highest BCUT2D eigenvalue weighted by Crippen LogP contribution is 2.42. The maximum absolute atomic E-state index is 12.7. The maximum Gasteiger partial charge on any atom is 0.136 e. The van der Waals surface area contributed by atoms with Gasteiger partial charge in [-0.05, 0) is 49.0 Å². The minimum Gasteiger partial charge on any atom is -0.300 e. The van der Waals surface area contributed by atoms with Gasteiger partial charge in [0, 0.05) is 25.2 Å². The Morgan fingerprint density at radius 3 is 2.20 bits per heavy atom. The summed E-state index contributed by atoms with van der Waals surface area (Å²) in [6, 6.07) is 10.3. The molecule has 0 aliphatic rings. The molecule has 2 heteroatoms. The van der Waals surface area contributed by atoms with E-state index in [-0.39, 0.29) is 17.3 Å². The number of unbranched alkanes of at least 4 members (excludes halogenated alkanes) is 1. The van der Waals surface area contributed by atoms with Gasteiger partial charge in [-0.15, -0.1) is 6.58 Å². The van der Waals surface area contributed by atoms with Crippen LogP contribution in [0.4, 0.5) is 0 Å². The lowest BCUT2D eigenvalue weighted by Gasteiger charge is -2.38. The first-order valence-electron chi connectivity index (χ1n) is 11.9. The second-order valence-electron chi connectivity index (χ2n) is 9.66. The highest BCUT2D eigenvalue weighted by atomic mass is 16.1. The lowest BCUT2D eigenvalue weighted by atomic mass is 9.67. The SMILES string of the molecule is C=C(C)CC(C)(CC(=O)CC)C(CC)CCCCC(=O)C(C)C(C)c1ccccc1. The number of allylic oxidation sites excluding steroid dienone is 1. The number of Topliss-reactive ketones (excluding diaryl/α,β-unsaturated/α-hetero) is 2. The standard InChI is InChI=1S/C28H44O2/c1-8-25(28(7,19-21(3)4)20-26(29)9-2)17-13-14-18-27(30)23(6)22(5)24-15-11-10-12-16-24/h10-12,15-16,22-23,25H,3,8-9,13-14,17-20H2,1-2,4-7H3. The minimum absolute atomic E-state index is 0.0210. The number of ketones is 2. The van der Waals surface area contributed by atoms with Gasteiger partial charge in [0.2, 0.25) is 0 Å². The largest absolute Gasteiger partial charge is 0.300 e. The quantitative estimate of drug-likeness (QED) is 0.216. The first-order valence-corrected chi connectivity index (χ1v) is 11.9. The van der Waals surface area contributed by atoms with E-state index >= 15 is 0 Å². The van der Waals surface area contributed by atoms with Crippen LogP contribution in [-0.2, 0) is 9.59 Å². The van der Waals surface area contributed by atoms with Gasteiger partial charge in [-0.2, -0.15) is 0 Å². The Balaban J connectivity index is 2.60. The molecule has 0 N–H and O–H groups in total. The van der Waals surface area contributed by atoms with E-state index in [9.17, 15) is 9.59 Å². The van der Waals surface area contributed by atoms with Crippen molar-refractivity contribution in [1.82, 2.24) is 0 Å². The molecule has 0 amide bonds. The van der Waals surface area contributed by atoms with Crippen LogP contribution >= 0.6 is 0 Å². The minimum atomic E-state index is -0.0210. The van der Waals surface area contributed by atoms with Gasteiger partial charge in [0.25, 0.3) is 0 Å². The van der Waals surface area contributed by atoms with Crippen molar-refractivity contribution < 1.29 is 9.59 Å². The molecule has 1 aromatic rings. The predicted octanol–water partition coefficient (Wildman–Crippen LogP) is 7.92. The Hall–Kier alpha value is -1.70. The van der Waals surface area contributed by atoms with Crippen LogP contribution in [-0.4, -0.2) is 11.6 Å². The topological polar surface area (TPSA) is 34.1 Å². The summed E-state index contributed by atoms with van der Waals surface area (Å²) in [4.78, 5) is 25.0. The molecule has 0 saturated heterocycles. The van der Waals surface area contributed by atoms with Crippen LogP contribution in [0.1, 0.15) is 104 Å². The number of hydrogen-bond acceptors (Lipinski definition) is 2. The van der Waals surface area contributed by atoms with Crippen LogP contribution in [0.25, 0.3) is 0 Å². The molecule has 0 aromatic heterocycles. The summed E-state index contributed by atoms with van der Waals surface area (Å²) in [7, 11) is 0. The normalized spacial score (nSPS) is 16.3. The second-order valence-corrected chi connectivity index (χ2v) is 9.66. The zero-order chi connectivity index (χ0) is 22.7. The molecule has 30 heavy (non-hydrogen) atoms. The molecule has 4 unspecified atom stereocenters. The molecule has 0 bridgehead atoms. The van der Waals surface area contributed by atoms with Crippen molar-refractivity contribution in [3.05, 3.63) is 48.0 Å². The Morgan fingerprint density at radius 2 is 1.67 bits per heavy atom. The molecular weight excluding hydrogens is 368 g/mol. The molecule has 1 rings (SSSR count). The molecule has 4 atom stereocenters. The Bertz CT molecular complexity index is 675. The number of rotatable bonds is 15. The van der Waals surface area contributed by atoms with E-state index in [1.54, 1.807) is 0 Å². The van der Waals surface area contributed by atoms with E-state index in [0.29, 0.717) is 36.7 Å². The third-order valence-corrected chi connectivity index (χ3v) is 6.99. The van der Waals surface area contributed by atoms with Gasteiger partial charge in [-0.3, -0.25) is 9.59 Å². The van der Waals surface area contributed by atoms with Crippen molar-refractivity contribution in [1.29, 1.82) is 0 Å². The zero-order valence-electron chi connectivity index (χ0n) is 20.3. The van der Waals surface area contributed by atoms with Crippen molar-refractivity contribution >= 4 is 11.6 Å². The molecule has 0 spiro atoms. The smallest absolute Gasteiger partial charge is 0.136 e. The highest BCUT2D eigenvalue weighted by molar-refractivity contribution is 5.81. The molecule has 0 saturated carbocycles. The molecule has 0 radical (unpaired) electrons. The lowest BCUT2D eigenvalue weighted by molar-refractivity contribution is -0.123. The Morgan fingerprint density at radius 1 is 1.03 bits per heavy atom. The molecule has 0 aliphatic heterocycles. The molecule has 0 fully saturated rings. The fourth-order valence-electron chi connectivity index (χ4n) is 4.90. The fraction of sp³-hybridized carbons (Fsp3) is 0.643. The first kappa shape index (κ1) is 26.3. The zero-order valence-corrected chi connectivity index (χ0v) is 20.3. The monoisotopic (exact) mass is 412 g/mol. The molecule has 0 aliphatic carbocycles. The first-order chi connectivity index (χ1) is 14.1. The van der Waals surface area contributed by atoms with Gasteiger partial charge in [-0.25, -0.2) is 0 Å². The fourth-order valence-corrected chi connectivity index (χ4v) is 4.90. The van der Waals surface area contributed by atoms with Crippen molar-refractivity contribution in [2.75, 3.05) is 0 Å². The summed E-state index contributed by atoms with van der Waals surface area (Å²) in [6.07, 6.45) is 6.92. The van der Waals surface area contributed by atoms with Gasteiger partial charge >= 0.3 is 0 Å².